The molecule has 0 bridgehead atoms. The van der Waals surface area contributed by atoms with Crippen LogP contribution < -0.4 is 10.9 Å². The summed E-state index contributed by atoms with van der Waals surface area (Å²) in [6.45, 7) is 1.91. The SMILES string of the molecule is Cn1cccc(C(=O)NCC2(c3cccs3)CCOCC2)c1=O. The molecule has 0 aromatic carbocycles. The molecular weight excluding hydrogens is 312 g/mol. The Morgan fingerprint density at radius 2 is 2.13 bits per heavy atom. The van der Waals surface area contributed by atoms with Crippen LogP contribution in [-0.4, -0.2) is 30.2 Å². The number of nitrogens with one attached hydrogen (secondary N) is 1. The van der Waals surface area contributed by atoms with E-state index >= 15 is 0 Å². The Balaban J connectivity index is 1.78. The molecule has 1 saturated heterocycles. The van der Waals surface area contributed by atoms with E-state index in [4.69, 9.17) is 4.74 Å². The number of carbonyl (C=O) groups is 1. The Labute approximate surface area is 138 Å². The Bertz CT molecular complexity index is 731. The van der Waals surface area contributed by atoms with Crippen LogP contribution >= 0.6 is 11.3 Å². The van der Waals surface area contributed by atoms with Gasteiger partial charge in [-0.1, -0.05) is 6.07 Å². The van der Waals surface area contributed by atoms with Crippen molar-refractivity contribution in [2.45, 2.75) is 18.3 Å². The molecular formula is C17H20N2O3S. The normalized spacial score (nSPS) is 16.9. The molecule has 2 aromatic rings. The van der Waals surface area contributed by atoms with Gasteiger partial charge in [0.25, 0.3) is 11.5 Å². The Morgan fingerprint density at radius 1 is 1.35 bits per heavy atom. The van der Waals surface area contributed by atoms with Gasteiger partial charge in [-0.25, -0.2) is 0 Å². The van der Waals surface area contributed by atoms with Crippen molar-refractivity contribution in [3.63, 3.8) is 0 Å². The van der Waals surface area contributed by atoms with Crippen LogP contribution in [0.1, 0.15) is 28.1 Å². The minimum absolute atomic E-state index is 0.0951. The summed E-state index contributed by atoms with van der Waals surface area (Å²) in [5.74, 6) is -0.311. The molecule has 3 rings (SSSR count). The van der Waals surface area contributed by atoms with Crippen LogP contribution in [0, 0.1) is 0 Å². The van der Waals surface area contributed by atoms with E-state index in [0.717, 1.165) is 12.8 Å². The molecule has 0 atom stereocenters. The van der Waals surface area contributed by atoms with Gasteiger partial charge in [0.1, 0.15) is 5.56 Å². The average molecular weight is 332 g/mol. The number of hydrogen-bond donors (Lipinski definition) is 1. The smallest absolute Gasteiger partial charge is 0.263 e. The molecule has 0 aliphatic carbocycles. The highest BCUT2D eigenvalue weighted by Gasteiger charge is 2.35. The fraction of sp³-hybridized carbons (Fsp3) is 0.412. The number of thiophene rings is 1. The van der Waals surface area contributed by atoms with Gasteiger partial charge in [-0.3, -0.25) is 9.59 Å². The van der Waals surface area contributed by atoms with Gasteiger partial charge in [0.05, 0.1) is 0 Å². The van der Waals surface area contributed by atoms with Crippen molar-refractivity contribution in [3.8, 4) is 0 Å². The van der Waals surface area contributed by atoms with Crippen molar-refractivity contribution in [3.05, 3.63) is 56.6 Å². The van der Waals surface area contributed by atoms with E-state index in [9.17, 15) is 9.59 Å². The van der Waals surface area contributed by atoms with Gasteiger partial charge in [0.15, 0.2) is 0 Å². The molecule has 0 spiro atoms. The number of amides is 1. The zero-order chi connectivity index (χ0) is 16.3. The van der Waals surface area contributed by atoms with Crippen LogP contribution in [0.4, 0.5) is 0 Å². The second-order valence-electron chi connectivity index (χ2n) is 5.89. The van der Waals surface area contributed by atoms with Crippen LogP contribution in [0.2, 0.25) is 0 Å². The summed E-state index contributed by atoms with van der Waals surface area (Å²) in [5, 5.41) is 5.02. The van der Waals surface area contributed by atoms with E-state index in [0.29, 0.717) is 19.8 Å². The first kappa shape index (κ1) is 16.0. The van der Waals surface area contributed by atoms with Crippen molar-refractivity contribution in [1.29, 1.82) is 0 Å². The number of aryl methyl sites for hydroxylation is 1. The second kappa shape index (κ2) is 6.68. The third-order valence-corrected chi connectivity index (χ3v) is 5.57. The van der Waals surface area contributed by atoms with Crippen molar-refractivity contribution in [2.75, 3.05) is 19.8 Å². The molecule has 23 heavy (non-hydrogen) atoms. The number of pyridine rings is 1. The maximum absolute atomic E-state index is 12.4. The molecule has 1 aliphatic rings. The molecule has 0 saturated carbocycles. The topological polar surface area (TPSA) is 60.3 Å². The van der Waals surface area contributed by atoms with Crippen LogP contribution in [0.25, 0.3) is 0 Å². The van der Waals surface area contributed by atoms with E-state index in [1.807, 2.05) is 6.07 Å². The first-order valence-electron chi connectivity index (χ1n) is 7.68. The summed E-state index contributed by atoms with van der Waals surface area (Å²) in [7, 11) is 1.64. The molecule has 0 unspecified atom stereocenters. The number of rotatable bonds is 4. The van der Waals surface area contributed by atoms with E-state index in [1.54, 1.807) is 36.7 Å². The Morgan fingerprint density at radius 3 is 2.83 bits per heavy atom. The second-order valence-corrected chi connectivity index (χ2v) is 6.84. The first-order chi connectivity index (χ1) is 11.1. The lowest BCUT2D eigenvalue weighted by Gasteiger charge is -2.36. The quantitative estimate of drug-likeness (QED) is 0.930. The summed E-state index contributed by atoms with van der Waals surface area (Å²) in [5.41, 5.74) is -0.187. The van der Waals surface area contributed by atoms with E-state index in [2.05, 4.69) is 16.8 Å². The Hall–Kier alpha value is -1.92. The predicted octanol–water partition coefficient (Wildman–Crippen LogP) is 1.93. The van der Waals surface area contributed by atoms with Gasteiger partial charge in [-0.15, -0.1) is 11.3 Å². The highest BCUT2D eigenvalue weighted by atomic mass is 32.1. The molecule has 5 nitrogen and oxygen atoms in total. The third kappa shape index (κ3) is 3.23. The fourth-order valence-corrected chi connectivity index (χ4v) is 3.95. The van der Waals surface area contributed by atoms with Gasteiger partial charge in [0, 0.05) is 43.3 Å². The maximum atomic E-state index is 12.4. The van der Waals surface area contributed by atoms with Crippen LogP contribution in [-0.2, 0) is 17.2 Å². The van der Waals surface area contributed by atoms with Gasteiger partial charge in [-0.05, 0) is 36.4 Å². The van der Waals surface area contributed by atoms with Crippen LogP contribution in [0.5, 0.6) is 0 Å². The molecule has 1 amide bonds. The summed E-state index contributed by atoms with van der Waals surface area (Å²) in [6.07, 6.45) is 3.39. The number of nitrogens with zero attached hydrogens (tertiary/aromatic N) is 1. The highest BCUT2D eigenvalue weighted by molar-refractivity contribution is 7.10. The van der Waals surface area contributed by atoms with E-state index in [1.165, 1.54) is 9.44 Å². The minimum atomic E-state index is -0.311. The summed E-state index contributed by atoms with van der Waals surface area (Å²) in [4.78, 5) is 25.7. The molecule has 122 valence electrons. The lowest BCUT2D eigenvalue weighted by atomic mass is 9.78. The first-order valence-corrected chi connectivity index (χ1v) is 8.56. The zero-order valence-corrected chi connectivity index (χ0v) is 13.9. The molecule has 6 heteroatoms. The maximum Gasteiger partial charge on any atom is 0.263 e. The third-order valence-electron chi connectivity index (χ3n) is 4.45. The Kier molecular flexibility index (Phi) is 4.63. The van der Waals surface area contributed by atoms with Crippen LogP contribution in [0.3, 0.4) is 0 Å². The lowest BCUT2D eigenvalue weighted by molar-refractivity contribution is 0.0498. The molecule has 3 heterocycles. The monoisotopic (exact) mass is 332 g/mol. The van der Waals surface area contributed by atoms with Gasteiger partial charge < -0.3 is 14.6 Å². The molecule has 0 radical (unpaired) electrons. The summed E-state index contributed by atoms with van der Waals surface area (Å²) in [6, 6.07) is 7.43. The lowest BCUT2D eigenvalue weighted by Crippen LogP contribution is -2.45. The van der Waals surface area contributed by atoms with Crippen molar-refractivity contribution in [2.24, 2.45) is 7.05 Å². The highest BCUT2D eigenvalue weighted by Crippen LogP contribution is 2.36. The molecule has 1 N–H and O–H groups in total. The number of aromatic nitrogens is 1. The van der Waals surface area contributed by atoms with Gasteiger partial charge in [-0.2, -0.15) is 0 Å². The minimum Gasteiger partial charge on any atom is -0.381 e. The molecule has 1 aliphatic heterocycles. The standard InChI is InChI=1S/C17H20N2O3S/c1-19-8-2-4-13(16(19)21)15(20)18-12-17(6-9-22-10-7-17)14-5-3-11-23-14/h2-5,8,11H,6-7,9-10,12H2,1H3,(H,18,20). The summed E-state index contributed by atoms with van der Waals surface area (Å²) >= 11 is 1.71. The van der Waals surface area contributed by atoms with Crippen molar-refractivity contribution < 1.29 is 9.53 Å². The van der Waals surface area contributed by atoms with Crippen LogP contribution in [0.15, 0.2) is 40.6 Å². The van der Waals surface area contributed by atoms with E-state index in [-0.39, 0.29) is 22.4 Å². The largest absolute Gasteiger partial charge is 0.381 e. The van der Waals surface area contributed by atoms with E-state index < -0.39 is 0 Å². The van der Waals surface area contributed by atoms with Crippen molar-refractivity contribution >= 4 is 17.2 Å². The van der Waals surface area contributed by atoms with Gasteiger partial charge in [0.2, 0.25) is 0 Å². The van der Waals surface area contributed by atoms with Gasteiger partial charge >= 0.3 is 0 Å². The number of ether oxygens (including phenoxy) is 1. The molecule has 2 aromatic heterocycles. The predicted molar refractivity (Wildman–Crippen MR) is 90.1 cm³/mol. The fourth-order valence-electron chi connectivity index (χ4n) is 2.97. The zero-order valence-electron chi connectivity index (χ0n) is 13.1. The number of hydrogen-bond acceptors (Lipinski definition) is 4. The molecule has 1 fully saturated rings. The number of carbonyl (C=O) groups excluding carboxylic acids is 1. The van der Waals surface area contributed by atoms with Crippen molar-refractivity contribution in [1.82, 2.24) is 9.88 Å². The summed E-state index contributed by atoms with van der Waals surface area (Å²) < 4.78 is 6.90. The average Bonchev–Trinajstić information content (AvgIpc) is 3.11.